The number of carbonyl (C=O) groups is 1. The second-order valence-electron chi connectivity index (χ2n) is 5.78. The summed E-state index contributed by atoms with van der Waals surface area (Å²) in [4.78, 5) is 20.3. The third kappa shape index (κ3) is 2.88. The molecule has 0 atom stereocenters. The first-order valence-corrected chi connectivity index (χ1v) is 8.13. The molecule has 0 amide bonds. The van der Waals surface area contributed by atoms with Crippen molar-refractivity contribution in [2.75, 3.05) is 5.73 Å². The van der Waals surface area contributed by atoms with Crippen molar-refractivity contribution in [3.63, 3.8) is 0 Å². The lowest BCUT2D eigenvalue weighted by Crippen LogP contribution is -2.01. The molecule has 2 aromatic carbocycles. The second kappa shape index (κ2) is 6.07. The molecule has 2 aromatic heterocycles. The summed E-state index contributed by atoms with van der Waals surface area (Å²) >= 11 is 5.95. The van der Waals surface area contributed by atoms with E-state index in [1.54, 1.807) is 36.7 Å². The van der Waals surface area contributed by atoms with E-state index in [4.69, 9.17) is 17.3 Å². The minimum atomic E-state index is -0.0893. The molecule has 25 heavy (non-hydrogen) atoms. The Morgan fingerprint density at radius 1 is 1.04 bits per heavy atom. The van der Waals surface area contributed by atoms with Crippen LogP contribution in [0.3, 0.4) is 0 Å². The van der Waals surface area contributed by atoms with E-state index in [0.29, 0.717) is 27.5 Å². The van der Waals surface area contributed by atoms with E-state index in [0.717, 1.165) is 16.5 Å². The average Bonchev–Trinajstić information content (AvgIpc) is 3.05. The maximum absolute atomic E-state index is 12.8. The molecule has 0 saturated heterocycles. The van der Waals surface area contributed by atoms with Gasteiger partial charge in [-0.25, -0.2) is 4.98 Å². The predicted octanol–water partition coefficient (Wildman–Crippen LogP) is 4.70. The molecule has 0 fully saturated rings. The highest BCUT2D eigenvalue weighted by molar-refractivity contribution is 6.30. The number of carbonyl (C=O) groups excluding carboxylic acids is 1. The number of rotatable bonds is 3. The molecule has 0 aliphatic heterocycles. The van der Waals surface area contributed by atoms with Crippen LogP contribution in [0.25, 0.3) is 22.2 Å². The molecule has 0 bridgehead atoms. The van der Waals surface area contributed by atoms with Crippen molar-refractivity contribution >= 4 is 34.1 Å². The summed E-state index contributed by atoms with van der Waals surface area (Å²) in [6, 6.07) is 16.4. The zero-order valence-electron chi connectivity index (χ0n) is 13.2. The Hall–Kier alpha value is -3.11. The van der Waals surface area contributed by atoms with Crippen molar-refractivity contribution in [2.24, 2.45) is 0 Å². The van der Waals surface area contributed by atoms with Crippen LogP contribution in [0.2, 0.25) is 5.02 Å². The van der Waals surface area contributed by atoms with Crippen molar-refractivity contribution in [3.05, 3.63) is 83.1 Å². The number of pyridine rings is 1. The molecule has 5 heteroatoms. The van der Waals surface area contributed by atoms with Gasteiger partial charge in [0.2, 0.25) is 0 Å². The van der Waals surface area contributed by atoms with Crippen molar-refractivity contribution in [2.45, 2.75) is 0 Å². The second-order valence-corrected chi connectivity index (χ2v) is 6.22. The number of aromatic amines is 1. The summed E-state index contributed by atoms with van der Waals surface area (Å²) in [5.41, 5.74) is 10.1. The number of ketones is 1. The van der Waals surface area contributed by atoms with Gasteiger partial charge in [-0.3, -0.25) is 4.79 Å². The van der Waals surface area contributed by atoms with Crippen LogP contribution in [0.5, 0.6) is 0 Å². The molecule has 0 aliphatic rings. The number of fused-ring (bicyclic) bond motifs is 1. The normalized spacial score (nSPS) is 10.9. The van der Waals surface area contributed by atoms with Crippen molar-refractivity contribution < 1.29 is 4.79 Å². The van der Waals surface area contributed by atoms with Crippen LogP contribution in [-0.4, -0.2) is 15.8 Å². The summed E-state index contributed by atoms with van der Waals surface area (Å²) in [6.07, 6.45) is 3.46. The number of halogens is 1. The monoisotopic (exact) mass is 347 g/mol. The lowest BCUT2D eigenvalue weighted by molar-refractivity contribution is 0.104. The Morgan fingerprint density at radius 3 is 2.60 bits per heavy atom. The largest absolute Gasteiger partial charge is 0.399 e. The number of nitrogens with two attached hydrogens (primary N) is 1. The van der Waals surface area contributed by atoms with Gasteiger partial charge in [0.1, 0.15) is 5.65 Å². The highest BCUT2D eigenvalue weighted by atomic mass is 35.5. The van der Waals surface area contributed by atoms with Gasteiger partial charge in [0.25, 0.3) is 0 Å². The van der Waals surface area contributed by atoms with E-state index in [2.05, 4.69) is 9.97 Å². The van der Waals surface area contributed by atoms with Gasteiger partial charge in [-0.05, 0) is 35.9 Å². The molecule has 4 aromatic rings. The number of hydrogen-bond donors (Lipinski definition) is 2. The van der Waals surface area contributed by atoms with Gasteiger partial charge in [-0.15, -0.1) is 0 Å². The fraction of sp³-hybridized carbons (Fsp3) is 0. The van der Waals surface area contributed by atoms with Crippen LogP contribution < -0.4 is 5.73 Å². The topological polar surface area (TPSA) is 71.8 Å². The van der Waals surface area contributed by atoms with E-state index in [1.165, 1.54) is 0 Å². The van der Waals surface area contributed by atoms with Gasteiger partial charge in [0, 0.05) is 45.2 Å². The van der Waals surface area contributed by atoms with Crippen molar-refractivity contribution in [3.8, 4) is 11.1 Å². The first kappa shape index (κ1) is 15.4. The number of nitrogens with one attached hydrogen (secondary N) is 1. The molecule has 4 nitrogen and oxygen atoms in total. The third-order valence-corrected chi connectivity index (χ3v) is 4.35. The van der Waals surface area contributed by atoms with Crippen LogP contribution >= 0.6 is 11.6 Å². The zero-order valence-corrected chi connectivity index (χ0v) is 13.9. The number of nitrogens with zero attached hydrogens (tertiary/aromatic N) is 1. The van der Waals surface area contributed by atoms with Gasteiger partial charge in [-0.2, -0.15) is 0 Å². The quantitative estimate of drug-likeness (QED) is 0.417. The number of nitrogen functional groups attached to an aromatic ring is 1. The minimum Gasteiger partial charge on any atom is -0.399 e. The minimum absolute atomic E-state index is 0.0893. The van der Waals surface area contributed by atoms with E-state index >= 15 is 0 Å². The number of H-pyrrole nitrogens is 1. The average molecular weight is 348 g/mol. The first-order valence-electron chi connectivity index (χ1n) is 7.75. The Kier molecular flexibility index (Phi) is 3.75. The molecular formula is C20H14ClN3O. The van der Waals surface area contributed by atoms with Crippen LogP contribution in [-0.2, 0) is 0 Å². The van der Waals surface area contributed by atoms with E-state index in [1.807, 2.05) is 30.3 Å². The molecule has 2 heterocycles. The van der Waals surface area contributed by atoms with Gasteiger partial charge < -0.3 is 10.7 Å². The maximum Gasteiger partial charge on any atom is 0.195 e. The summed E-state index contributed by atoms with van der Waals surface area (Å²) in [5.74, 6) is -0.0893. The fourth-order valence-electron chi connectivity index (χ4n) is 2.83. The Labute approximate surface area is 149 Å². The van der Waals surface area contributed by atoms with E-state index in [-0.39, 0.29) is 5.78 Å². The fourth-order valence-corrected chi connectivity index (χ4v) is 2.95. The predicted molar refractivity (Wildman–Crippen MR) is 101 cm³/mol. The highest BCUT2D eigenvalue weighted by Crippen LogP contribution is 2.27. The molecule has 0 spiro atoms. The number of benzene rings is 2. The number of anilines is 1. The zero-order chi connectivity index (χ0) is 17.4. The van der Waals surface area contributed by atoms with Gasteiger partial charge in [0.15, 0.2) is 5.78 Å². The number of hydrogen-bond acceptors (Lipinski definition) is 3. The molecule has 0 unspecified atom stereocenters. The van der Waals surface area contributed by atoms with Crippen LogP contribution in [0.15, 0.2) is 67.0 Å². The third-order valence-electron chi connectivity index (χ3n) is 4.10. The van der Waals surface area contributed by atoms with Crippen LogP contribution in [0.4, 0.5) is 5.69 Å². The first-order chi connectivity index (χ1) is 12.1. The van der Waals surface area contributed by atoms with Gasteiger partial charge >= 0.3 is 0 Å². The summed E-state index contributed by atoms with van der Waals surface area (Å²) in [7, 11) is 0. The summed E-state index contributed by atoms with van der Waals surface area (Å²) in [6.45, 7) is 0. The summed E-state index contributed by atoms with van der Waals surface area (Å²) in [5, 5.41) is 1.46. The van der Waals surface area contributed by atoms with E-state index in [9.17, 15) is 4.79 Å². The maximum atomic E-state index is 12.8. The lowest BCUT2D eigenvalue weighted by atomic mass is 10.0. The molecule has 122 valence electrons. The molecule has 0 saturated carbocycles. The van der Waals surface area contributed by atoms with Crippen LogP contribution in [0.1, 0.15) is 15.9 Å². The molecule has 0 aliphatic carbocycles. The Morgan fingerprint density at radius 2 is 1.84 bits per heavy atom. The van der Waals surface area contributed by atoms with Crippen molar-refractivity contribution in [1.29, 1.82) is 0 Å². The molecule has 0 radical (unpaired) electrons. The smallest absolute Gasteiger partial charge is 0.195 e. The highest BCUT2D eigenvalue weighted by Gasteiger charge is 2.16. The lowest BCUT2D eigenvalue weighted by Gasteiger charge is -2.04. The molecular weight excluding hydrogens is 334 g/mol. The molecule has 3 N–H and O–H groups in total. The SMILES string of the molecule is Nc1cccc(C(=O)c2c[nH]c3ncc(-c4ccc(Cl)cc4)cc23)c1. The molecule has 4 rings (SSSR count). The van der Waals surface area contributed by atoms with Gasteiger partial charge in [0.05, 0.1) is 0 Å². The summed E-state index contributed by atoms with van der Waals surface area (Å²) < 4.78 is 0. The van der Waals surface area contributed by atoms with Crippen LogP contribution in [0, 0.1) is 0 Å². The number of aromatic nitrogens is 2. The Bertz CT molecular complexity index is 1080. The van der Waals surface area contributed by atoms with Crippen molar-refractivity contribution in [1.82, 2.24) is 9.97 Å². The Balaban J connectivity index is 1.81. The standard InChI is InChI=1S/C20H14ClN3O/c21-15-6-4-12(5-7-15)14-9-17-18(11-24-20(17)23-10-14)19(25)13-2-1-3-16(22)8-13/h1-11H,22H2,(H,23,24). The van der Waals surface area contributed by atoms with E-state index < -0.39 is 0 Å². The van der Waals surface area contributed by atoms with Gasteiger partial charge in [-0.1, -0.05) is 35.9 Å².